The number of carbonyl (C=O) groups is 4. The van der Waals surface area contributed by atoms with E-state index in [1.165, 1.54) is 24.3 Å². The van der Waals surface area contributed by atoms with Crippen molar-refractivity contribution in [1.82, 2.24) is 10.6 Å². The molecule has 1 rings (SSSR count). The lowest BCUT2D eigenvalue weighted by molar-refractivity contribution is -0.142. The highest BCUT2D eigenvalue weighted by Gasteiger charge is 2.21. The Morgan fingerprint density at radius 2 is 1.77 bits per heavy atom. The smallest absolute Gasteiger partial charge is 0.326 e. The molecule has 3 amide bonds. The van der Waals surface area contributed by atoms with Crippen molar-refractivity contribution in [2.24, 2.45) is 11.7 Å². The number of carbonyl (C=O) groups excluding carboxylic acids is 3. The first kappa shape index (κ1) is 20.9. The second kappa shape index (κ2) is 10.0. The van der Waals surface area contributed by atoms with Crippen LogP contribution in [0.5, 0.6) is 5.75 Å². The van der Waals surface area contributed by atoms with Gasteiger partial charge < -0.3 is 26.2 Å². The molecule has 0 unspecified atom stereocenters. The first-order chi connectivity index (χ1) is 12.2. The standard InChI is InChI=1S/C17H23N3O6/c1-10(2)7-13(17(24)25)20-15(22)8-19-16(23)11-3-5-12(6-4-11)26-9-14(18)21/h3-6,10,13H,7-9H2,1-2H3,(H2,18,21)(H,19,23)(H,20,22)(H,24,25)/t13-/m0/s1. The predicted octanol–water partition coefficient (Wildman–Crippen LogP) is -0.104. The Balaban J connectivity index is 2.50. The van der Waals surface area contributed by atoms with Crippen molar-refractivity contribution in [1.29, 1.82) is 0 Å². The maximum atomic E-state index is 12.0. The lowest BCUT2D eigenvalue weighted by atomic mass is 10.0. The van der Waals surface area contributed by atoms with Crippen LogP contribution in [0.25, 0.3) is 0 Å². The van der Waals surface area contributed by atoms with Crippen molar-refractivity contribution in [2.45, 2.75) is 26.3 Å². The Kier molecular flexibility index (Phi) is 8.07. The number of carboxylic acids is 1. The molecular formula is C17H23N3O6. The van der Waals surface area contributed by atoms with E-state index >= 15 is 0 Å². The van der Waals surface area contributed by atoms with Crippen LogP contribution in [0, 0.1) is 5.92 Å². The topological polar surface area (TPSA) is 148 Å². The van der Waals surface area contributed by atoms with Crippen LogP contribution >= 0.6 is 0 Å². The van der Waals surface area contributed by atoms with Crippen LogP contribution in [-0.4, -0.2) is 48.0 Å². The van der Waals surface area contributed by atoms with E-state index in [0.29, 0.717) is 12.2 Å². The van der Waals surface area contributed by atoms with Crippen molar-refractivity contribution in [2.75, 3.05) is 13.2 Å². The summed E-state index contributed by atoms with van der Waals surface area (Å²) < 4.78 is 5.07. The number of primary amides is 1. The number of nitrogens with two attached hydrogens (primary N) is 1. The molecule has 0 radical (unpaired) electrons. The minimum atomic E-state index is -1.12. The molecule has 0 saturated carbocycles. The quantitative estimate of drug-likeness (QED) is 0.455. The van der Waals surface area contributed by atoms with Crippen LogP contribution in [0.2, 0.25) is 0 Å². The zero-order chi connectivity index (χ0) is 19.7. The molecule has 1 atom stereocenters. The minimum Gasteiger partial charge on any atom is -0.484 e. The number of hydrogen-bond donors (Lipinski definition) is 4. The lowest BCUT2D eigenvalue weighted by Crippen LogP contribution is -2.46. The Morgan fingerprint density at radius 3 is 2.27 bits per heavy atom. The fourth-order valence-electron chi connectivity index (χ4n) is 2.06. The highest BCUT2D eigenvalue weighted by Crippen LogP contribution is 2.12. The van der Waals surface area contributed by atoms with Gasteiger partial charge in [-0.2, -0.15) is 0 Å². The monoisotopic (exact) mass is 365 g/mol. The average molecular weight is 365 g/mol. The van der Waals surface area contributed by atoms with Gasteiger partial charge in [-0.1, -0.05) is 13.8 Å². The zero-order valence-electron chi connectivity index (χ0n) is 14.7. The number of hydrogen-bond acceptors (Lipinski definition) is 5. The number of rotatable bonds is 10. The molecule has 0 aliphatic carbocycles. The molecule has 0 bridgehead atoms. The Labute approximate surface area is 150 Å². The maximum absolute atomic E-state index is 12.0. The van der Waals surface area contributed by atoms with Gasteiger partial charge in [0, 0.05) is 5.56 Å². The molecule has 5 N–H and O–H groups in total. The number of aliphatic carboxylic acids is 1. The van der Waals surface area contributed by atoms with Gasteiger partial charge in [-0.25, -0.2) is 4.79 Å². The van der Waals surface area contributed by atoms with E-state index in [-0.39, 0.29) is 24.6 Å². The van der Waals surface area contributed by atoms with Crippen LogP contribution < -0.4 is 21.1 Å². The van der Waals surface area contributed by atoms with Crippen molar-refractivity contribution >= 4 is 23.7 Å². The molecule has 0 saturated heterocycles. The van der Waals surface area contributed by atoms with E-state index in [4.69, 9.17) is 15.6 Å². The third-order valence-electron chi connectivity index (χ3n) is 3.25. The first-order valence-corrected chi connectivity index (χ1v) is 8.00. The summed E-state index contributed by atoms with van der Waals surface area (Å²) in [6.45, 7) is 3.08. The van der Waals surface area contributed by atoms with E-state index in [1.807, 2.05) is 13.8 Å². The lowest BCUT2D eigenvalue weighted by Gasteiger charge is -2.16. The van der Waals surface area contributed by atoms with Gasteiger partial charge in [-0.3, -0.25) is 14.4 Å². The van der Waals surface area contributed by atoms with Crippen LogP contribution in [0.4, 0.5) is 0 Å². The zero-order valence-corrected chi connectivity index (χ0v) is 14.7. The molecule has 26 heavy (non-hydrogen) atoms. The predicted molar refractivity (Wildman–Crippen MR) is 92.5 cm³/mol. The second-order valence-corrected chi connectivity index (χ2v) is 6.05. The fourth-order valence-corrected chi connectivity index (χ4v) is 2.06. The van der Waals surface area contributed by atoms with Crippen LogP contribution in [0.3, 0.4) is 0 Å². The average Bonchev–Trinajstić information content (AvgIpc) is 2.57. The third kappa shape index (κ3) is 7.65. The van der Waals surface area contributed by atoms with Crippen LogP contribution in [0.15, 0.2) is 24.3 Å². The second-order valence-electron chi connectivity index (χ2n) is 6.05. The van der Waals surface area contributed by atoms with Gasteiger partial charge in [-0.15, -0.1) is 0 Å². The van der Waals surface area contributed by atoms with E-state index < -0.39 is 29.7 Å². The van der Waals surface area contributed by atoms with Gasteiger partial charge >= 0.3 is 5.97 Å². The first-order valence-electron chi connectivity index (χ1n) is 8.00. The molecule has 0 heterocycles. The van der Waals surface area contributed by atoms with Gasteiger partial charge in [0.2, 0.25) is 5.91 Å². The Hall–Kier alpha value is -3.10. The van der Waals surface area contributed by atoms with Gasteiger partial charge in [0.25, 0.3) is 11.8 Å². The highest BCUT2D eigenvalue weighted by atomic mass is 16.5. The number of carboxylic acid groups (broad SMARTS) is 1. The molecule has 0 spiro atoms. The highest BCUT2D eigenvalue weighted by molar-refractivity contribution is 5.97. The van der Waals surface area contributed by atoms with E-state index in [9.17, 15) is 19.2 Å². The summed E-state index contributed by atoms with van der Waals surface area (Å²) in [4.78, 5) is 45.6. The molecule has 9 nitrogen and oxygen atoms in total. The summed E-state index contributed by atoms with van der Waals surface area (Å²) in [5, 5.41) is 13.9. The van der Waals surface area contributed by atoms with Crippen LogP contribution in [-0.2, 0) is 14.4 Å². The molecular weight excluding hydrogens is 342 g/mol. The Bertz CT molecular complexity index is 657. The molecule has 0 aliphatic rings. The summed E-state index contributed by atoms with van der Waals surface area (Å²) in [7, 11) is 0. The number of ether oxygens (including phenoxy) is 1. The SMILES string of the molecule is CC(C)C[C@H](NC(=O)CNC(=O)c1ccc(OCC(N)=O)cc1)C(=O)O. The number of nitrogens with one attached hydrogen (secondary N) is 2. The van der Waals surface area contributed by atoms with Crippen molar-refractivity contribution < 1.29 is 29.0 Å². The molecule has 142 valence electrons. The third-order valence-corrected chi connectivity index (χ3v) is 3.25. The van der Waals surface area contributed by atoms with E-state index in [2.05, 4.69) is 10.6 Å². The normalized spacial score (nSPS) is 11.5. The van der Waals surface area contributed by atoms with Gasteiger partial charge in [0.1, 0.15) is 11.8 Å². The summed E-state index contributed by atoms with van der Waals surface area (Å²) in [6.07, 6.45) is 0.293. The largest absolute Gasteiger partial charge is 0.484 e. The van der Waals surface area contributed by atoms with Crippen LogP contribution in [0.1, 0.15) is 30.6 Å². The van der Waals surface area contributed by atoms with Crippen molar-refractivity contribution in [3.8, 4) is 5.75 Å². The fraction of sp³-hybridized carbons (Fsp3) is 0.412. The van der Waals surface area contributed by atoms with Crippen molar-refractivity contribution in [3.63, 3.8) is 0 Å². The molecule has 0 fully saturated rings. The van der Waals surface area contributed by atoms with Gasteiger partial charge in [-0.05, 0) is 36.6 Å². The number of benzene rings is 1. The van der Waals surface area contributed by atoms with Gasteiger partial charge in [0.05, 0.1) is 6.54 Å². The minimum absolute atomic E-state index is 0.0984. The maximum Gasteiger partial charge on any atom is 0.326 e. The molecule has 0 aliphatic heterocycles. The molecule has 9 heteroatoms. The summed E-state index contributed by atoms with van der Waals surface area (Å²) >= 11 is 0. The Morgan fingerprint density at radius 1 is 1.15 bits per heavy atom. The van der Waals surface area contributed by atoms with Crippen molar-refractivity contribution in [3.05, 3.63) is 29.8 Å². The summed E-state index contributed by atoms with van der Waals surface area (Å²) in [5.41, 5.74) is 5.24. The van der Waals surface area contributed by atoms with E-state index in [0.717, 1.165) is 0 Å². The van der Waals surface area contributed by atoms with Gasteiger partial charge in [0.15, 0.2) is 6.61 Å². The summed E-state index contributed by atoms with van der Waals surface area (Å²) in [6, 6.07) is 4.90. The summed E-state index contributed by atoms with van der Waals surface area (Å²) in [5.74, 6) is -2.36. The number of amides is 3. The molecule has 1 aromatic carbocycles. The molecule has 0 aromatic heterocycles. The van der Waals surface area contributed by atoms with E-state index in [1.54, 1.807) is 0 Å². The molecule has 1 aromatic rings.